The molecule has 0 saturated carbocycles. The highest BCUT2D eigenvalue weighted by atomic mass is 16.6. The number of aromatic nitrogens is 2. The Labute approximate surface area is 151 Å². The number of piperidine rings is 1. The van der Waals surface area contributed by atoms with Crippen molar-refractivity contribution in [2.75, 3.05) is 19.6 Å². The van der Waals surface area contributed by atoms with Crippen molar-refractivity contribution in [2.24, 2.45) is 0 Å². The third kappa shape index (κ3) is 3.91. The summed E-state index contributed by atoms with van der Waals surface area (Å²) >= 11 is 0. The maximum atomic E-state index is 13.0. The maximum Gasteiger partial charge on any atom is 0.274 e. The van der Waals surface area contributed by atoms with Crippen molar-refractivity contribution in [3.8, 4) is 5.69 Å². The molecule has 0 radical (unpaired) electrons. The van der Waals surface area contributed by atoms with Gasteiger partial charge in [0, 0.05) is 30.9 Å². The number of hydrogen-bond donors (Lipinski definition) is 1. The molecule has 0 atom stereocenters. The number of hydrogen-bond acceptors (Lipinski definition) is 5. The number of amides is 1. The van der Waals surface area contributed by atoms with Crippen LogP contribution < -0.4 is 5.32 Å². The average molecular weight is 357 g/mol. The Kier molecular flexibility index (Phi) is 5.62. The topological polar surface area (TPSA) is 93.3 Å². The summed E-state index contributed by atoms with van der Waals surface area (Å²) in [7, 11) is 0. The third-order valence-electron chi connectivity index (χ3n) is 4.61. The highest BCUT2D eigenvalue weighted by Gasteiger charge is 2.26. The quantitative estimate of drug-likeness (QED) is 0.633. The Bertz CT molecular complexity index is 765. The second kappa shape index (κ2) is 8.09. The van der Waals surface area contributed by atoms with Gasteiger partial charge in [0.2, 0.25) is 0 Å². The molecule has 2 aromatic rings. The Balaban J connectivity index is 1.78. The van der Waals surface area contributed by atoms with Gasteiger partial charge in [0.05, 0.1) is 10.6 Å². The molecule has 1 aliphatic heterocycles. The fraction of sp³-hybridized carbons (Fsp3) is 0.444. The van der Waals surface area contributed by atoms with Crippen molar-refractivity contribution in [1.29, 1.82) is 0 Å². The van der Waals surface area contributed by atoms with Crippen LogP contribution in [-0.2, 0) is 0 Å². The van der Waals surface area contributed by atoms with Gasteiger partial charge in [0.1, 0.15) is 0 Å². The van der Waals surface area contributed by atoms with Crippen molar-refractivity contribution < 1.29 is 9.72 Å². The number of benzene rings is 1. The monoisotopic (exact) mass is 357 g/mol. The van der Waals surface area contributed by atoms with Crippen molar-refractivity contribution in [3.63, 3.8) is 0 Å². The number of carbonyl (C=O) groups excluding carboxylic acids is 1. The zero-order chi connectivity index (χ0) is 18.5. The molecule has 3 rings (SSSR count). The zero-order valence-electron chi connectivity index (χ0n) is 14.8. The lowest BCUT2D eigenvalue weighted by molar-refractivity contribution is -0.384. The molecule has 8 heteroatoms. The van der Waals surface area contributed by atoms with Crippen molar-refractivity contribution in [2.45, 2.75) is 32.2 Å². The van der Waals surface area contributed by atoms with Crippen LogP contribution in [0.2, 0.25) is 0 Å². The summed E-state index contributed by atoms with van der Waals surface area (Å²) in [5.74, 6) is -0.0561. The number of nitro groups is 1. The van der Waals surface area contributed by atoms with E-state index in [2.05, 4.69) is 17.3 Å². The largest absolute Gasteiger partial charge is 0.334 e. The van der Waals surface area contributed by atoms with Gasteiger partial charge >= 0.3 is 0 Å². The number of nitro benzene ring substituents is 1. The number of nitrogens with zero attached hydrogens (tertiary/aromatic N) is 4. The van der Waals surface area contributed by atoms with E-state index in [9.17, 15) is 14.9 Å². The van der Waals surface area contributed by atoms with Gasteiger partial charge in [-0.3, -0.25) is 14.9 Å². The second-order valence-electron chi connectivity index (χ2n) is 6.40. The normalized spacial score (nSPS) is 15.0. The summed E-state index contributed by atoms with van der Waals surface area (Å²) in [5, 5.41) is 18.5. The fourth-order valence-electron chi connectivity index (χ4n) is 3.27. The maximum absolute atomic E-state index is 13.0. The van der Waals surface area contributed by atoms with E-state index in [0.29, 0.717) is 17.9 Å². The van der Waals surface area contributed by atoms with Gasteiger partial charge in [-0.05, 0) is 50.6 Å². The van der Waals surface area contributed by atoms with Gasteiger partial charge < -0.3 is 10.2 Å². The first kappa shape index (κ1) is 18.1. The van der Waals surface area contributed by atoms with Crippen LogP contribution in [0, 0.1) is 10.1 Å². The van der Waals surface area contributed by atoms with Crippen LogP contribution in [0.4, 0.5) is 5.69 Å². The number of nitrogens with one attached hydrogen (secondary N) is 1. The first-order valence-corrected chi connectivity index (χ1v) is 8.92. The molecule has 1 aromatic carbocycles. The van der Waals surface area contributed by atoms with E-state index < -0.39 is 4.92 Å². The van der Waals surface area contributed by atoms with Gasteiger partial charge in [0.15, 0.2) is 5.69 Å². The lowest BCUT2D eigenvalue weighted by Crippen LogP contribution is -2.46. The first-order chi connectivity index (χ1) is 12.6. The lowest BCUT2D eigenvalue weighted by Gasteiger charge is -2.34. The fourth-order valence-corrected chi connectivity index (χ4v) is 3.27. The molecule has 138 valence electrons. The average Bonchev–Trinajstić information content (AvgIpc) is 3.16. The molecule has 0 unspecified atom stereocenters. The van der Waals surface area contributed by atoms with E-state index in [1.165, 1.54) is 12.1 Å². The standard InChI is InChI=1S/C18H23N5O3/c1-2-12-21(14-7-10-19-11-8-14)18(24)17-9-13-22(20-17)15-3-5-16(6-4-15)23(25)26/h3-6,9,13-14,19H,2,7-8,10-12H2,1H3. The highest BCUT2D eigenvalue weighted by molar-refractivity contribution is 5.92. The smallest absolute Gasteiger partial charge is 0.274 e. The minimum absolute atomic E-state index is 0.0252. The number of rotatable bonds is 6. The minimum atomic E-state index is -0.441. The Morgan fingerprint density at radius 1 is 1.31 bits per heavy atom. The van der Waals surface area contributed by atoms with Crippen LogP contribution >= 0.6 is 0 Å². The molecular formula is C18H23N5O3. The lowest BCUT2D eigenvalue weighted by atomic mass is 10.0. The Morgan fingerprint density at radius 3 is 2.62 bits per heavy atom. The van der Waals surface area contributed by atoms with Gasteiger partial charge in [-0.1, -0.05) is 6.92 Å². The van der Waals surface area contributed by atoms with E-state index in [0.717, 1.165) is 32.4 Å². The van der Waals surface area contributed by atoms with Gasteiger partial charge in [-0.25, -0.2) is 4.68 Å². The Morgan fingerprint density at radius 2 is 2.00 bits per heavy atom. The molecule has 0 aliphatic carbocycles. The van der Waals surface area contributed by atoms with Crippen molar-refractivity contribution in [3.05, 3.63) is 52.3 Å². The van der Waals surface area contributed by atoms with E-state index in [-0.39, 0.29) is 17.6 Å². The SMILES string of the molecule is CCCN(C(=O)c1ccn(-c2ccc([N+](=O)[O-])cc2)n1)C1CCNCC1. The molecule has 1 aromatic heterocycles. The summed E-state index contributed by atoms with van der Waals surface area (Å²) in [6.45, 7) is 4.63. The van der Waals surface area contributed by atoms with E-state index >= 15 is 0 Å². The Hall–Kier alpha value is -2.74. The molecule has 1 amide bonds. The predicted octanol–water partition coefficient (Wildman–Crippen LogP) is 2.38. The molecule has 8 nitrogen and oxygen atoms in total. The van der Waals surface area contributed by atoms with Crippen LogP contribution in [0.3, 0.4) is 0 Å². The van der Waals surface area contributed by atoms with Gasteiger partial charge in [-0.2, -0.15) is 5.10 Å². The number of carbonyl (C=O) groups is 1. The minimum Gasteiger partial charge on any atom is -0.334 e. The molecule has 26 heavy (non-hydrogen) atoms. The van der Waals surface area contributed by atoms with Crippen LogP contribution in [0.15, 0.2) is 36.5 Å². The van der Waals surface area contributed by atoms with Crippen LogP contribution in [0.1, 0.15) is 36.7 Å². The summed E-state index contributed by atoms with van der Waals surface area (Å²) in [6.07, 6.45) is 4.52. The third-order valence-corrected chi connectivity index (χ3v) is 4.61. The summed E-state index contributed by atoms with van der Waals surface area (Å²) in [6, 6.07) is 8.04. The highest BCUT2D eigenvalue weighted by Crippen LogP contribution is 2.18. The summed E-state index contributed by atoms with van der Waals surface area (Å²) in [5.41, 5.74) is 1.10. The van der Waals surface area contributed by atoms with E-state index in [1.807, 2.05) is 4.90 Å². The molecule has 1 fully saturated rings. The van der Waals surface area contributed by atoms with Crippen LogP contribution in [-0.4, -0.2) is 51.2 Å². The molecule has 1 aliphatic rings. The molecule has 1 N–H and O–H groups in total. The molecular weight excluding hydrogens is 334 g/mol. The molecule has 2 heterocycles. The van der Waals surface area contributed by atoms with Crippen molar-refractivity contribution >= 4 is 11.6 Å². The van der Waals surface area contributed by atoms with Crippen molar-refractivity contribution in [1.82, 2.24) is 20.0 Å². The molecule has 1 saturated heterocycles. The summed E-state index contributed by atoms with van der Waals surface area (Å²) in [4.78, 5) is 25.2. The van der Waals surface area contributed by atoms with Gasteiger partial charge in [0.25, 0.3) is 11.6 Å². The number of non-ortho nitro benzene ring substituents is 1. The molecule has 0 bridgehead atoms. The van der Waals surface area contributed by atoms with E-state index in [4.69, 9.17) is 0 Å². The summed E-state index contributed by atoms with van der Waals surface area (Å²) < 4.78 is 1.57. The molecule has 0 spiro atoms. The van der Waals surface area contributed by atoms with E-state index in [1.54, 1.807) is 29.1 Å². The van der Waals surface area contributed by atoms with Crippen LogP contribution in [0.5, 0.6) is 0 Å². The predicted molar refractivity (Wildman–Crippen MR) is 97.4 cm³/mol. The second-order valence-corrected chi connectivity index (χ2v) is 6.40. The first-order valence-electron chi connectivity index (χ1n) is 8.92. The van der Waals surface area contributed by atoms with Gasteiger partial charge in [-0.15, -0.1) is 0 Å². The van der Waals surface area contributed by atoms with Crippen LogP contribution in [0.25, 0.3) is 5.69 Å². The zero-order valence-corrected chi connectivity index (χ0v) is 14.8.